The maximum atomic E-state index is 11.4. The van der Waals surface area contributed by atoms with Crippen LogP contribution in [0.4, 0.5) is 0 Å². The normalized spacial score (nSPS) is 11.6. The lowest BCUT2D eigenvalue weighted by Gasteiger charge is -2.32. The second kappa shape index (κ2) is 5.27. The average Bonchev–Trinajstić information content (AvgIpc) is 2.26. The molecule has 0 fully saturated rings. The Kier molecular flexibility index (Phi) is 4.23. The summed E-state index contributed by atoms with van der Waals surface area (Å²) in [5.74, 6) is 0.380. The van der Waals surface area contributed by atoms with Crippen LogP contribution in [0.1, 0.15) is 31.1 Å². The van der Waals surface area contributed by atoms with Gasteiger partial charge in [0.2, 0.25) is 5.88 Å². The molecule has 1 heterocycles. The van der Waals surface area contributed by atoms with Crippen molar-refractivity contribution < 1.29 is 9.53 Å². The third-order valence-corrected chi connectivity index (χ3v) is 2.92. The first-order chi connectivity index (χ1) is 7.84. The van der Waals surface area contributed by atoms with Gasteiger partial charge in [-0.1, -0.05) is 0 Å². The van der Waals surface area contributed by atoms with Gasteiger partial charge < -0.3 is 9.64 Å². The van der Waals surface area contributed by atoms with E-state index in [1.807, 2.05) is 14.1 Å². The van der Waals surface area contributed by atoms with E-state index in [4.69, 9.17) is 4.74 Å². The summed E-state index contributed by atoms with van der Waals surface area (Å²) in [6.45, 7) is 6.14. The number of hydrogen-bond acceptors (Lipinski definition) is 4. The number of likely N-dealkylation sites (N-methyl/N-ethyl adjacent to an activating group) is 1. The fourth-order valence-electron chi connectivity index (χ4n) is 1.15. The SMILES string of the molecule is CC(=O)c1cccnc1OCC(C)(C)N(C)C. The highest BCUT2D eigenvalue weighted by Crippen LogP contribution is 2.18. The van der Waals surface area contributed by atoms with Gasteiger partial charge in [-0.25, -0.2) is 4.98 Å². The number of carbonyl (C=O) groups excluding carboxylic acids is 1. The predicted molar refractivity (Wildman–Crippen MR) is 67.5 cm³/mol. The topological polar surface area (TPSA) is 42.4 Å². The fraction of sp³-hybridized carbons (Fsp3) is 0.538. The van der Waals surface area contributed by atoms with E-state index in [0.29, 0.717) is 18.1 Å². The molecule has 1 aromatic rings. The van der Waals surface area contributed by atoms with Gasteiger partial charge in [0, 0.05) is 11.7 Å². The molecule has 0 atom stereocenters. The van der Waals surface area contributed by atoms with Crippen LogP contribution in [-0.2, 0) is 0 Å². The number of pyridine rings is 1. The molecule has 0 saturated carbocycles. The van der Waals surface area contributed by atoms with Crippen LogP contribution in [-0.4, -0.2) is 41.9 Å². The zero-order valence-corrected chi connectivity index (χ0v) is 11.2. The third-order valence-electron chi connectivity index (χ3n) is 2.92. The van der Waals surface area contributed by atoms with Gasteiger partial charge in [0.15, 0.2) is 5.78 Å². The summed E-state index contributed by atoms with van der Waals surface area (Å²) in [6.07, 6.45) is 1.63. The summed E-state index contributed by atoms with van der Waals surface area (Å²) in [5.41, 5.74) is 0.424. The van der Waals surface area contributed by atoms with Gasteiger partial charge in [0.05, 0.1) is 5.56 Å². The lowest BCUT2D eigenvalue weighted by molar-refractivity contribution is 0.0980. The first-order valence-corrected chi connectivity index (χ1v) is 5.61. The van der Waals surface area contributed by atoms with E-state index < -0.39 is 0 Å². The highest BCUT2D eigenvalue weighted by molar-refractivity contribution is 5.96. The molecule has 0 spiro atoms. The number of ether oxygens (including phenoxy) is 1. The number of aromatic nitrogens is 1. The van der Waals surface area contributed by atoms with Gasteiger partial charge in [0.25, 0.3) is 0 Å². The minimum atomic E-state index is -0.106. The molecule has 0 aliphatic heterocycles. The maximum absolute atomic E-state index is 11.4. The standard InChI is InChI=1S/C13H20N2O2/c1-10(16)11-7-6-8-14-12(11)17-9-13(2,3)15(4)5/h6-8H,9H2,1-5H3. The zero-order valence-electron chi connectivity index (χ0n) is 11.2. The number of carbonyl (C=O) groups is 1. The Morgan fingerprint density at radius 2 is 2.12 bits per heavy atom. The zero-order chi connectivity index (χ0) is 13.1. The molecule has 0 saturated heterocycles. The molecule has 1 aromatic heterocycles. The van der Waals surface area contributed by atoms with E-state index in [1.165, 1.54) is 6.92 Å². The lowest BCUT2D eigenvalue weighted by Crippen LogP contribution is -2.43. The summed E-state index contributed by atoms with van der Waals surface area (Å²) < 4.78 is 5.65. The molecule has 0 amide bonds. The Morgan fingerprint density at radius 1 is 1.47 bits per heavy atom. The van der Waals surface area contributed by atoms with Crippen molar-refractivity contribution in [2.24, 2.45) is 0 Å². The lowest BCUT2D eigenvalue weighted by atomic mass is 10.1. The van der Waals surface area contributed by atoms with Crippen molar-refractivity contribution in [2.75, 3.05) is 20.7 Å². The van der Waals surface area contributed by atoms with E-state index in [9.17, 15) is 4.79 Å². The Morgan fingerprint density at radius 3 is 2.65 bits per heavy atom. The molecule has 0 bridgehead atoms. The van der Waals surface area contributed by atoms with Gasteiger partial charge in [-0.05, 0) is 47.0 Å². The molecule has 0 aromatic carbocycles. The molecule has 1 rings (SSSR count). The molecule has 0 aliphatic carbocycles. The number of nitrogens with zero attached hydrogens (tertiary/aromatic N) is 2. The molecule has 0 radical (unpaired) electrons. The molecule has 0 unspecified atom stereocenters. The van der Waals surface area contributed by atoms with Crippen molar-refractivity contribution in [3.8, 4) is 5.88 Å². The van der Waals surface area contributed by atoms with Crippen LogP contribution in [0.3, 0.4) is 0 Å². The number of rotatable bonds is 5. The van der Waals surface area contributed by atoms with E-state index in [-0.39, 0.29) is 11.3 Å². The smallest absolute Gasteiger partial charge is 0.224 e. The van der Waals surface area contributed by atoms with Gasteiger partial charge in [-0.2, -0.15) is 0 Å². The predicted octanol–water partition coefficient (Wildman–Crippen LogP) is 2.00. The Hall–Kier alpha value is -1.42. The number of hydrogen-bond donors (Lipinski definition) is 0. The van der Waals surface area contributed by atoms with E-state index in [2.05, 4.69) is 23.7 Å². The van der Waals surface area contributed by atoms with Gasteiger partial charge in [0.1, 0.15) is 6.61 Å². The van der Waals surface area contributed by atoms with E-state index in [1.54, 1.807) is 18.3 Å². The Balaban J connectivity index is 2.79. The summed E-state index contributed by atoms with van der Waals surface area (Å²) >= 11 is 0. The van der Waals surface area contributed by atoms with Crippen LogP contribution in [0.25, 0.3) is 0 Å². The van der Waals surface area contributed by atoms with Gasteiger partial charge in [-0.15, -0.1) is 0 Å². The Bertz CT molecular complexity index is 400. The van der Waals surface area contributed by atoms with Gasteiger partial charge in [-0.3, -0.25) is 4.79 Å². The van der Waals surface area contributed by atoms with Crippen molar-refractivity contribution >= 4 is 5.78 Å². The summed E-state index contributed by atoms with van der Waals surface area (Å²) in [6, 6.07) is 3.47. The van der Waals surface area contributed by atoms with Crippen LogP contribution >= 0.6 is 0 Å². The molecule has 94 valence electrons. The van der Waals surface area contributed by atoms with Crippen molar-refractivity contribution in [1.29, 1.82) is 0 Å². The summed E-state index contributed by atoms with van der Waals surface area (Å²) in [4.78, 5) is 17.6. The third kappa shape index (κ3) is 3.53. The average molecular weight is 236 g/mol. The van der Waals surface area contributed by atoms with Crippen LogP contribution in [0.5, 0.6) is 5.88 Å². The van der Waals surface area contributed by atoms with E-state index in [0.717, 1.165) is 0 Å². The highest BCUT2D eigenvalue weighted by Gasteiger charge is 2.22. The minimum absolute atomic E-state index is 0.0317. The maximum Gasteiger partial charge on any atom is 0.224 e. The number of Topliss-reactive ketones (excluding diaryl/α,β-unsaturated/α-hetero) is 1. The molecular formula is C13H20N2O2. The van der Waals surface area contributed by atoms with Crippen molar-refractivity contribution in [3.63, 3.8) is 0 Å². The molecule has 4 heteroatoms. The van der Waals surface area contributed by atoms with Crippen LogP contribution in [0.2, 0.25) is 0 Å². The molecule has 0 aliphatic rings. The summed E-state index contributed by atoms with van der Waals surface area (Å²) in [7, 11) is 3.99. The monoisotopic (exact) mass is 236 g/mol. The van der Waals surface area contributed by atoms with Crippen LogP contribution in [0, 0.1) is 0 Å². The first-order valence-electron chi connectivity index (χ1n) is 5.61. The van der Waals surface area contributed by atoms with Crippen LogP contribution < -0.4 is 4.74 Å². The number of ketones is 1. The van der Waals surface area contributed by atoms with Crippen molar-refractivity contribution in [2.45, 2.75) is 26.3 Å². The van der Waals surface area contributed by atoms with Crippen molar-refractivity contribution in [3.05, 3.63) is 23.9 Å². The Labute approximate surface area is 103 Å². The molecule has 0 N–H and O–H groups in total. The van der Waals surface area contributed by atoms with Crippen LogP contribution in [0.15, 0.2) is 18.3 Å². The van der Waals surface area contributed by atoms with Crippen molar-refractivity contribution in [1.82, 2.24) is 9.88 Å². The molecule has 4 nitrogen and oxygen atoms in total. The van der Waals surface area contributed by atoms with E-state index >= 15 is 0 Å². The quantitative estimate of drug-likeness (QED) is 0.733. The minimum Gasteiger partial charge on any atom is -0.475 e. The second-order valence-corrected chi connectivity index (χ2v) is 4.91. The summed E-state index contributed by atoms with van der Waals surface area (Å²) in [5, 5.41) is 0. The largest absolute Gasteiger partial charge is 0.475 e. The van der Waals surface area contributed by atoms with Gasteiger partial charge >= 0.3 is 0 Å². The fourth-order valence-corrected chi connectivity index (χ4v) is 1.15. The second-order valence-electron chi connectivity index (χ2n) is 4.91. The molecular weight excluding hydrogens is 216 g/mol. The highest BCUT2D eigenvalue weighted by atomic mass is 16.5. The molecule has 17 heavy (non-hydrogen) atoms. The first kappa shape index (κ1) is 13.6.